The molecule has 5 nitrogen and oxygen atoms in total. The fraction of sp³-hybridized carbons (Fsp3) is 0.391. The second-order valence-corrected chi connectivity index (χ2v) is 8.44. The Balaban J connectivity index is 1.49. The van der Waals surface area contributed by atoms with Crippen LogP contribution in [0.15, 0.2) is 42.5 Å². The fourth-order valence-corrected chi connectivity index (χ4v) is 4.08. The monoisotopic (exact) mass is 468 g/mol. The van der Waals surface area contributed by atoms with Crippen LogP contribution in [-0.2, 0) is 17.4 Å². The molecule has 172 valence electrons. The molecule has 0 saturated heterocycles. The Hall–Kier alpha value is -2.74. The maximum Gasteiger partial charge on any atom is 0.416 e. The van der Waals surface area contributed by atoms with Crippen LogP contribution in [0.25, 0.3) is 0 Å². The first-order chi connectivity index (χ1) is 15.1. The Morgan fingerprint density at radius 2 is 1.78 bits per heavy atom. The Morgan fingerprint density at radius 3 is 2.44 bits per heavy atom. The number of benzene rings is 2. The highest BCUT2D eigenvalue weighted by Gasteiger charge is 2.32. The lowest BCUT2D eigenvalue weighted by Gasteiger charge is -2.29. The maximum absolute atomic E-state index is 12.9. The van der Waals surface area contributed by atoms with Gasteiger partial charge in [-0.05, 0) is 67.5 Å². The SMILES string of the molecule is O=C(O)Cc1cccc(NC[C@H]2CC[C@H](NC(=O)c3cc(C(F)(F)F)ccc3Cl)CC2)c1. The van der Waals surface area contributed by atoms with Crippen LogP contribution >= 0.6 is 11.6 Å². The van der Waals surface area contributed by atoms with Gasteiger partial charge in [0.2, 0.25) is 0 Å². The summed E-state index contributed by atoms with van der Waals surface area (Å²) in [5.74, 6) is -1.10. The Kier molecular flexibility index (Phi) is 7.66. The molecule has 2 aromatic carbocycles. The first-order valence-corrected chi connectivity index (χ1v) is 10.7. The van der Waals surface area contributed by atoms with Crippen LogP contribution in [0.2, 0.25) is 5.02 Å². The highest BCUT2D eigenvalue weighted by atomic mass is 35.5. The number of carbonyl (C=O) groups excluding carboxylic acids is 1. The molecule has 3 rings (SSSR count). The largest absolute Gasteiger partial charge is 0.481 e. The van der Waals surface area contributed by atoms with E-state index < -0.39 is 23.6 Å². The van der Waals surface area contributed by atoms with Crippen LogP contribution in [0, 0.1) is 5.92 Å². The van der Waals surface area contributed by atoms with Crippen LogP contribution in [0.1, 0.15) is 47.2 Å². The molecule has 0 radical (unpaired) electrons. The predicted molar refractivity (Wildman–Crippen MR) is 116 cm³/mol. The van der Waals surface area contributed by atoms with Gasteiger partial charge in [0.1, 0.15) is 0 Å². The number of halogens is 4. The summed E-state index contributed by atoms with van der Waals surface area (Å²) in [5, 5.41) is 15.0. The van der Waals surface area contributed by atoms with Gasteiger partial charge in [-0.15, -0.1) is 0 Å². The van der Waals surface area contributed by atoms with Gasteiger partial charge in [0.25, 0.3) is 5.91 Å². The van der Waals surface area contributed by atoms with Crippen LogP contribution in [-0.4, -0.2) is 29.6 Å². The van der Waals surface area contributed by atoms with Crippen molar-refractivity contribution in [1.29, 1.82) is 0 Å². The topological polar surface area (TPSA) is 78.4 Å². The van der Waals surface area contributed by atoms with Gasteiger partial charge in [0.05, 0.1) is 22.6 Å². The van der Waals surface area contributed by atoms with Crippen LogP contribution in [0.5, 0.6) is 0 Å². The van der Waals surface area contributed by atoms with Crippen LogP contribution in [0.3, 0.4) is 0 Å². The van der Waals surface area contributed by atoms with Crippen molar-refractivity contribution in [3.63, 3.8) is 0 Å². The van der Waals surface area contributed by atoms with Gasteiger partial charge in [0.15, 0.2) is 0 Å². The smallest absolute Gasteiger partial charge is 0.416 e. The van der Waals surface area contributed by atoms with Crippen molar-refractivity contribution in [3.8, 4) is 0 Å². The number of amides is 1. The molecule has 0 aromatic heterocycles. The zero-order valence-corrected chi connectivity index (χ0v) is 18.0. The van der Waals surface area contributed by atoms with E-state index in [1.807, 2.05) is 18.2 Å². The molecule has 0 bridgehead atoms. The normalized spacial score (nSPS) is 18.8. The number of nitrogens with one attached hydrogen (secondary N) is 2. The van der Waals surface area contributed by atoms with E-state index in [9.17, 15) is 22.8 Å². The van der Waals surface area contributed by atoms with Gasteiger partial charge in [-0.25, -0.2) is 0 Å². The highest BCUT2D eigenvalue weighted by molar-refractivity contribution is 6.33. The van der Waals surface area contributed by atoms with Crippen molar-refractivity contribution in [1.82, 2.24) is 5.32 Å². The van der Waals surface area contributed by atoms with E-state index in [1.165, 1.54) is 0 Å². The number of rotatable bonds is 7. The minimum atomic E-state index is -4.54. The summed E-state index contributed by atoms with van der Waals surface area (Å²) >= 11 is 5.95. The lowest BCUT2D eigenvalue weighted by Crippen LogP contribution is -2.38. The van der Waals surface area contributed by atoms with E-state index >= 15 is 0 Å². The second-order valence-electron chi connectivity index (χ2n) is 8.04. The molecule has 1 aliphatic carbocycles. The first kappa shape index (κ1) is 23.9. The number of hydrogen-bond acceptors (Lipinski definition) is 3. The maximum atomic E-state index is 12.9. The molecular formula is C23H24ClF3N2O3. The summed E-state index contributed by atoms with van der Waals surface area (Å²) in [7, 11) is 0. The third-order valence-corrected chi connectivity index (χ3v) is 5.93. The summed E-state index contributed by atoms with van der Waals surface area (Å²) in [4.78, 5) is 23.4. The molecule has 1 saturated carbocycles. The van der Waals surface area contributed by atoms with Crippen LogP contribution < -0.4 is 10.6 Å². The van der Waals surface area contributed by atoms with E-state index in [2.05, 4.69) is 10.6 Å². The molecule has 32 heavy (non-hydrogen) atoms. The number of anilines is 1. The molecule has 0 heterocycles. The average Bonchev–Trinajstić information content (AvgIpc) is 2.72. The molecule has 0 unspecified atom stereocenters. The lowest BCUT2D eigenvalue weighted by molar-refractivity contribution is -0.138. The molecule has 3 N–H and O–H groups in total. The zero-order valence-electron chi connectivity index (χ0n) is 17.2. The summed E-state index contributed by atoms with van der Waals surface area (Å²) in [5.41, 5.74) is 0.501. The van der Waals surface area contributed by atoms with Crippen molar-refractivity contribution >= 4 is 29.2 Å². The minimum absolute atomic E-state index is 0.0153. The standard InChI is InChI=1S/C23H24ClF3N2O3/c24-20-9-6-16(23(25,26)27)12-19(20)22(32)29-17-7-4-14(5-8-17)13-28-18-3-1-2-15(10-18)11-21(30)31/h1-3,6,9-10,12,14,17,28H,4-5,7-8,11,13H2,(H,29,32)(H,30,31)/t14-,17-. The number of alkyl halides is 3. The Morgan fingerprint density at radius 1 is 1.06 bits per heavy atom. The quantitative estimate of drug-likeness (QED) is 0.509. The molecule has 2 aromatic rings. The molecule has 1 fully saturated rings. The highest BCUT2D eigenvalue weighted by Crippen LogP contribution is 2.32. The van der Waals surface area contributed by atoms with E-state index in [0.29, 0.717) is 18.8 Å². The Bertz CT molecular complexity index is 973. The van der Waals surface area contributed by atoms with Gasteiger partial charge in [-0.1, -0.05) is 23.7 Å². The summed E-state index contributed by atoms with van der Waals surface area (Å²) < 4.78 is 38.8. The number of carboxylic acid groups (broad SMARTS) is 1. The van der Waals surface area contributed by atoms with E-state index in [0.717, 1.165) is 48.8 Å². The molecule has 1 amide bonds. The predicted octanol–water partition coefficient (Wildman–Crippen LogP) is 5.39. The summed E-state index contributed by atoms with van der Waals surface area (Å²) in [6.45, 7) is 0.719. The van der Waals surface area contributed by atoms with Gasteiger partial charge in [-0.3, -0.25) is 9.59 Å². The van der Waals surface area contributed by atoms with Crippen molar-refractivity contribution in [2.45, 2.75) is 44.3 Å². The van der Waals surface area contributed by atoms with Crippen molar-refractivity contribution in [2.75, 3.05) is 11.9 Å². The second kappa shape index (κ2) is 10.3. The van der Waals surface area contributed by atoms with Crippen LogP contribution in [0.4, 0.5) is 18.9 Å². The molecular weight excluding hydrogens is 445 g/mol. The lowest BCUT2D eigenvalue weighted by atomic mass is 9.85. The van der Waals surface area contributed by atoms with Gasteiger partial charge in [-0.2, -0.15) is 13.2 Å². The van der Waals surface area contributed by atoms with Crippen molar-refractivity contribution in [2.24, 2.45) is 5.92 Å². The number of carbonyl (C=O) groups is 2. The molecule has 1 aliphatic rings. The third-order valence-electron chi connectivity index (χ3n) is 5.60. The fourth-order valence-electron chi connectivity index (χ4n) is 3.88. The molecule has 0 atom stereocenters. The average molecular weight is 469 g/mol. The van der Waals surface area contributed by atoms with E-state index in [4.69, 9.17) is 16.7 Å². The van der Waals surface area contributed by atoms with Crippen molar-refractivity contribution in [3.05, 3.63) is 64.2 Å². The van der Waals surface area contributed by atoms with Gasteiger partial charge >= 0.3 is 12.1 Å². The molecule has 9 heteroatoms. The number of hydrogen-bond donors (Lipinski definition) is 3. The molecule has 0 spiro atoms. The minimum Gasteiger partial charge on any atom is -0.481 e. The van der Waals surface area contributed by atoms with E-state index in [-0.39, 0.29) is 23.0 Å². The van der Waals surface area contributed by atoms with Gasteiger partial charge < -0.3 is 15.7 Å². The third kappa shape index (κ3) is 6.63. The van der Waals surface area contributed by atoms with Gasteiger partial charge in [0, 0.05) is 18.3 Å². The zero-order chi connectivity index (χ0) is 23.3. The van der Waals surface area contributed by atoms with E-state index in [1.54, 1.807) is 6.07 Å². The Labute approximate surface area is 189 Å². The van der Waals surface area contributed by atoms with Crippen molar-refractivity contribution < 1.29 is 27.9 Å². The first-order valence-electron chi connectivity index (χ1n) is 10.3. The number of aliphatic carboxylic acids is 1. The molecule has 0 aliphatic heterocycles. The summed E-state index contributed by atoms with van der Waals surface area (Å²) in [6.07, 6.45) is -1.44. The number of carboxylic acids is 1. The summed E-state index contributed by atoms with van der Waals surface area (Å²) in [6, 6.07) is 9.89.